The number of aryl methyl sites for hydroxylation is 2. The maximum atomic E-state index is 5.03. The second-order valence-electron chi connectivity index (χ2n) is 30.8. The number of rotatable bonds is 21. The first kappa shape index (κ1) is 85.4. The zero-order valence-corrected chi connectivity index (χ0v) is 72.8. The molecule has 0 saturated heterocycles. The Labute approximate surface area is 699 Å². The Morgan fingerprint density at radius 2 is 0.532 bits per heavy atom. The average molecular weight is 1990 g/mol. The Hall–Kier alpha value is -9.60. The van der Waals surface area contributed by atoms with Crippen molar-refractivity contribution in [3.63, 3.8) is 0 Å². The normalized spacial score (nSPS) is 11.2. The molecule has 111 heavy (non-hydrogen) atoms. The third-order valence-electron chi connectivity index (χ3n) is 19.4. The molecule has 0 aliphatic heterocycles. The summed E-state index contributed by atoms with van der Waals surface area (Å²) in [5.74, 6) is 2.02. The van der Waals surface area contributed by atoms with E-state index >= 15 is 0 Å². The molecule has 6 heterocycles. The van der Waals surface area contributed by atoms with E-state index in [0.29, 0.717) is 17.5 Å². The minimum absolute atomic E-state index is 0. The van der Waals surface area contributed by atoms with E-state index in [2.05, 4.69) is 249 Å². The van der Waals surface area contributed by atoms with Crippen molar-refractivity contribution in [2.45, 2.75) is 157 Å². The van der Waals surface area contributed by atoms with Crippen molar-refractivity contribution >= 4 is 0 Å². The van der Waals surface area contributed by atoms with Gasteiger partial charge in [-0.2, -0.15) is 0 Å². The van der Waals surface area contributed by atoms with Crippen LogP contribution in [-0.2, 0) is 89.4 Å². The van der Waals surface area contributed by atoms with Crippen LogP contribution in [0.2, 0.25) is 0 Å². The molecule has 0 bridgehead atoms. The molecule has 569 valence electrons. The molecule has 14 rings (SSSR count). The molecule has 0 unspecified atom stereocenters. The number of nitrogens with zero attached hydrogens (tertiary/aromatic N) is 9. The van der Waals surface area contributed by atoms with Gasteiger partial charge in [-0.1, -0.05) is 272 Å². The Bertz CT molecular complexity index is 4980. The molecule has 9 nitrogen and oxygen atoms in total. The second-order valence-corrected chi connectivity index (χ2v) is 30.8. The molecule has 0 amide bonds. The van der Waals surface area contributed by atoms with Crippen molar-refractivity contribution in [2.24, 2.45) is 0 Å². The summed E-state index contributed by atoms with van der Waals surface area (Å²) in [6.45, 7) is 24.5. The van der Waals surface area contributed by atoms with Crippen molar-refractivity contribution in [2.75, 3.05) is 0 Å². The van der Waals surface area contributed by atoms with Gasteiger partial charge in [-0.15, -0.1) is 108 Å². The second kappa shape index (κ2) is 40.6. The molecule has 12 heteroatoms. The number of pyridine rings is 3. The van der Waals surface area contributed by atoms with Crippen molar-refractivity contribution in [1.29, 1.82) is 0 Å². The van der Waals surface area contributed by atoms with Gasteiger partial charge in [-0.3, -0.25) is 0 Å². The van der Waals surface area contributed by atoms with Crippen molar-refractivity contribution in [3.8, 4) is 124 Å². The summed E-state index contributed by atoms with van der Waals surface area (Å²) in [7, 11) is 0. The molecule has 0 aliphatic carbocycles. The van der Waals surface area contributed by atoms with Gasteiger partial charge in [0.15, 0.2) is 17.5 Å². The molecule has 0 spiro atoms. The number of aromatic nitrogens is 9. The molecule has 0 atom stereocenters. The summed E-state index contributed by atoms with van der Waals surface area (Å²) < 4.78 is 0. The molecule has 8 aromatic carbocycles. The predicted octanol–water partition coefficient (Wildman–Crippen LogP) is 25.5. The fourth-order valence-electron chi connectivity index (χ4n) is 12.7. The Morgan fingerprint density at radius 1 is 0.252 bits per heavy atom. The predicted molar refractivity (Wildman–Crippen MR) is 448 cm³/mol. The summed E-state index contributed by atoms with van der Waals surface area (Å²) in [6.07, 6.45) is 21.8. The monoisotopic (exact) mass is 1990 g/mol. The summed E-state index contributed by atoms with van der Waals surface area (Å²) >= 11 is 0. The van der Waals surface area contributed by atoms with Crippen LogP contribution in [-0.4, -0.2) is 44.9 Å². The fourth-order valence-corrected chi connectivity index (χ4v) is 12.7. The van der Waals surface area contributed by atoms with Crippen molar-refractivity contribution in [3.05, 3.63) is 320 Å². The molecule has 0 fully saturated rings. The van der Waals surface area contributed by atoms with Crippen LogP contribution in [0.15, 0.2) is 274 Å². The molecular formula is C99H98Ir3N9-3. The zero-order chi connectivity index (χ0) is 75.5. The maximum Gasteiger partial charge on any atom is 0.161 e. The van der Waals surface area contributed by atoms with Crippen molar-refractivity contribution < 1.29 is 60.3 Å². The van der Waals surface area contributed by atoms with Crippen LogP contribution in [0.4, 0.5) is 0 Å². The SMILES string of the molecule is CC(C)(C)c1ccc(-c2cc(-c3ccc(C(C)(C)C)cc3)nc(-c3ccc(-c4[c-]cccc4)nc3)n2)cc1.CC(C)(C)c1ccc(-c2cnc(-c3ccc(-c4[c-]cccc4)nc3)nc2)cc1.CCCCCCc1ccc(-c2cc(-c3ccc(CCCCCC)cc3)nc(-c3ccc(-c4[c-]cccc4)nc3)n2)cc1.[Ir].[Ir].[Ir]. The van der Waals surface area contributed by atoms with Gasteiger partial charge in [0.2, 0.25) is 0 Å². The third-order valence-corrected chi connectivity index (χ3v) is 19.4. The molecule has 0 aliphatic rings. The van der Waals surface area contributed by atoms with Gasteiger partial charge in [0.05, 0.1) is 22.8 Å². The van der Waals surface area contributed by atoms with Gasteiger partial charge in [0.25, 0.3) is 0 Å². The first-order valence-electron chi connectivity index (χ1n) is 38.2. The number of unbranched alkanes of at least 4 members (excludes halogenated alkanes) is 6. The van der Waals surface area contributed by atoms with Gasteiger partial charge in [-0.05, 0) is 105 Å². The van der Waals surface area contributed by atoms with Gasteiger partial charge >= 0.3 is 0 Å². The third kappa shape index (κ3) is 23.7. The van der Waals surface area contributed by atoms with E-state index in [1.165, 1.54) is 79.2 Å². The maximum absolute atomic E-state index is 5.03. The average Bonchev–Trinajstić information content (AvgIpc) is 0.799. The smallest absolute Gasteiger partial charge is 0.161 e. The van der Waals surface area contributed by atoms with Crippen LogP contribution in [0.3, 0.4) is 0 Å². The van der Waals surface area contributed by atoms with Gasteiger partial charge in [-0.25, -0.2) is 29.9 Å². The Balaban J connectivity index is 0.000000192. The number of hydrogen-bond donors (Lipinski definition) is 0. The standard InChI is InChI=1S/C39H42N3.C35H34N3.C25H22N3.3Ir/c1-3-5-7-10-14-30-18-22-33(23-19-30)37-28-38(34-24-20-31(21-25-34)15-11-8-6-4-2)42-39(41-37)35-26-27-36(40-29-35)32-16-12-9-13-17-32;1-34(2,3)28-17-12-25(13-18-28)31-22-32(26-14-19-29(20-15-26)35(4,5)6)38-33(37-31)27-16-21-30(36-23-27)24-10-8-7-9-11-24;1-25(2,3)22-12-9-18(10-13-22)21-16-27-24(28-17-21)20-11-14-23(26-15-20)19-7-5-4-6-8-19;;;/h9,12-13,16,18-29H,3-8,10-11,14-15H2,1-2H3;7-10,12-23H,1-6H3;4-7,9-17H,1-3H3;;;/q3*-1;;;. The molecule has 6 aromatic heterocycles. The first-order valence-corrected chi connectivity index (χ1v) is 38.2. The molecule has 0 saturated carbocycles. The van der Waals surface area contributed by atoms with Crippen LogP contribution in [0.25, 0.3) is 124 Å². The van der Waals surface area contributed by atoms with Crippen LogP contribution >= 0.6 is 0 Å². The van der Waals surface area contributed by atoms with Crippen LogP contribution in [0.1, 0.15) is 155 Å². The summed E-state index contributed by atoms with van der Waals surface area (Å²) in [4.78, 5) is 43.1. The zero-order valence-electron chi connectivity index (χ0n) is 65.6. The molecule has 0 N–H and O–H groups in total. The summed E-state index contributed by atoms with van der Waals surface area (Å²) in [5.41, 5.74) is 25.4. The Morgan fingerprint density at radius 3 is 0.802 bits per heavy atom. The van der Waals surface area contributed by atoms with E-state index in [4.69, 9.17) is 29.9 Å². The van der Waals surface area contributed by atoms with Gasteiger partial charge in [0, 0.05) is 136 Å². The molecular weight excluding hydrogens is 1890 g/mol. The van der Waals surface area contributed by atoms with E-state index in [0.717, 1.165) is 119 Å². The number of benzene rings is 8. The number of hydrogen-bond acceptors (Lipinski definition) is 9. The summed E-state index contributed by atoms with van der Waals surface area (Å²) in [6, 6.07) is 93.5. The minimum atomic E-state index is 0. The van der Waals surface area contributed by atoms with E-state index in [1.807, 2.05) is 134 Å². The minimum Gasteiger partial charge on any atom is -0.304 e. The Kier molecular flexibility index (Phi) is 31.2. The van der Waals surface area contributed by atoms with Crippen LogP contribution in [0.5, 0.6) is 0 Å². The first-order chi connectivity index (χ1) is 52.3. The van der Waals surface area contributed by atoms with Gasteiger partial charge in [0.1, 0.15) is 0 Å². The quantitative estimate of drug-likeness (QED) is 0.0512. The molecule has 14 aromatic rings. The fraction of sp³-hybridized carbons (Fsp3) is 0.242. The largest absolute Gasteiger partial charge is 0.304 e. The van der Waals surface area contributed by atoms with Crippen LogP contribution < -0.4 is 0 Å². The summed E-state index contributed by atoms with van der Waals surface area (Å²) in [5, 5.41) is 0. The van der Waals surface area contributed by atoms with Gasteiger partial charge < -0.3 is 15.0 Å². The molecule has 3 radical (unpaired) electrons. The van der Waals surface area contributed by atoms with E-state index in [9.17, 15) is 0 Å². The van der Waals surface area contributed by atoms with Crippen molar-refractivity contribution in [1.82, 2.24) is 44.9 Å². The topological polar surface area (TPSA) is 116 Å². The van der Waals surface area contributed by atoms with E-state index < -0.39 is 0 Å². The van der Waals surface area contributed by atoms with E-state index in [1.54, 1.807) is 0 Å². The van der Waals surface area contributed by atoms with Crippen LogP contribution in [0, 0.1) is 18.2 Å². The van der Waals surface area contributed by atoms with E-state index in [-0.39, 0.29) is 76.6 Å².